The lowest BCUT2D eigenvalue weighted by Crippen LogP contribution is -2.14. The van der Waals surface area contributed by atoms with E-state index >= 15 is 0 Å². The number of ketones is 1. The molecule has 0 amide bonds. The van der Waals surface area contributed by atoms with Gasteiger partial charge >= 0.3 is 0 Å². The van der Waals surface area contributed by atoms with Crippen LogP contribution in [0.5, 0.6) is 0 Å². The van der Waals surface area contributed by atoms with E-state index in [0.29, 0.717) is 13.0 Å². The third-order valence-electron chi connectivity index (χ3n) is 4.12. The second kappa shape index (κ2) is 4.86. The summed E-state index contributed by atoms with van der Waals surface area (Å²) in [6, 6.07) is 18.8. The fourth-order valence-corrected chi connectivity index (χ4v) is 3.15. The van der Waals surface area contributed by atoms with Gasteiger partial charge in [0.05, 0.1) is 12.6 Å². The number of benzene rings is 2. The number of carbonyl (C=O) groups is 1. The van der Waals surface area contributed by atoms with Crippen molar-refractivity contribution in [2.75, 3.05) is 6.54 Å². The van der Waals surface area contributed by atoms with Crippen LogP contribution in [0, 0.1) is 0 Å². The summed E-state index contributed by atoms with van der Waals surface area (Å²) >= 11 is 0. The van der Waals surface area contributed by atoms with E-state index in [1.807, 2.05) is 24.3 Å². The van der Waals surface area contributed by atoms with Gasteiger partial charge in [0, 0.05) is 28.6 Å². The molecule has 104 valence electrons. The highest BCUT2D eigenvalue weighted by Crippen LogP contribution is 2.37. The van der Waals surface area contributed by atoms with E-state index in [9.17, 15) is 4.79 Å². The average Bonchev–Trinajstić information content (AvgIpc) is 3.11. The minimum Gasteiger partial charge on any atom is -0.357 e. The number of rotatable bonds is 2. The first-order valence-electron chi connectivity index (χ1n) is 7.24. The first-order chi connectivity index (χ1) is 10.3. The molecule has 3 aromatic rings. The Morgan fingerprint density at radius 2 is 1.71 bits per heavy atom. The van der Waals surface area contributed by atoms with Gasteiger partial charge in [-0.1, -0.05) is 48.5 Å². The van der Waals surface area contributed by atoms with Crippen molar-refractivity contribution in [1.82, 2.24) is 10.3 Å². The van der Waals surface area contributed by atoms with Gasteiger partial charge in [-0.2, -0.15) is 0 Å². The molecule has 3 heteroatoms. The number of H-pyrrole nitrogens is 1. The summed E-state index contributed by atoms with van der Waals surface area (Å²) in [6.45, 7) is 0.467. The number of aromatic nitrogens is 1. The van der Waals surface area contributed by atoms with Crippen LogP contribution in [-0.4, -0.2) is 17.3 Å². The fourth-order valence-electron chi connectivity index (χ4n) is 3.15. The Labute approximate surface area is 123 Å². The molecule has 0 aliphatic carbocycles. The van der Waals surface area contributed by atoms with Crippen molar-refractivity contribution in [3.8, 4) is 11.1 Å². The van der Waals surface area contributed by atoms with Crippen LogP contribution in [0.2, 0.25) is 0 Å². The van der Waals surface area contributed by atoms with Crippen molar-refractivity contribution in [2.45, 2.75) is 12.5 Å². The van der Waals surface area contributed by atoms with E-state index in [0.717, 1.165) is 11.2 Å². The molecule has 1 aliphatic rings. The molecule has 1 fully saturated rings. The number of hydrogen-bond acceptors (Lipinski definition) is 2. The molecule has 0 spiro atoms. The molecule has 3 nitrogen and oxygen atoms in total. The third kappa shape index (κ3) is 2.06. The quantitative estimate of drug-likeness (QED) is 0.753. The second-order valence-electron chi connectivity index (χ2n) is 5.50. The van der Waals surface area contributed by atoms with Crippen molar-refractivity contribution in [3.05, 3.63) is 60.3 Å². The molecule has 1 unspecified atom stereocenters. The van der Waals surface area contributed by atoms with Gasteiger partial charge in [0.15, 0.2) is 0 Å². The highest BCUT2D eigenvalue weighted by Gasteiger charge is 2.27. The van der Waals surface area contributed by atoms with Crippen molar-refractivity contribution in [1.29, 1.82) is 0 Å². The van der Waals surface area contributed by atoms with Gasteiger partial charge in [0.1, 0.15) is 5.78 Å². The smallest absolute Gasteiger partial charge is 0.148 e. The van der Waals surface area contributed by atoms with Crippen LogP contribution in [0.25, 0.3) is 22.0 Å². The van der Waals surface area contributed by atoms with Crippen LogP contribution in [0.3, 0.4) is 0 Å². The van der Waals surface area contributed by atoms with Crippen molar-refractivity contribution in [3.63, 3.8) is 0 Å². The maximum Gasteiger partial charge on any atom is 0.148 e. The fraction of sp³-hybridized carbons (Fsp3) is 0.167. The van der Waals surface area contributed by atoms with E-state index in [4.69, 9.17) is 0 Å². The molecule has 2 heterocycles. The number of para-hydroxylation sites is 1. The van der Waals surface area contributed by atoms with Gasteiger partial charge in [-0.3, -0.25) is 4.79 Å². The molecule has 4 rings (SSSR count). The average molecular weight is 276 g/mol. The summed E-state index contributed by atoms with van der Waals surface area (Å²) in [5, 5.41) is 4.52. The zero-order chi connectivity index (χ0) is 14.2. The van der Waals surface area contributed by atoms with Crippen molar-refractivity contribution in [2.24, 2.45) is 0 Å². The maximum atomic E-state index is 11.6. The van der Waals surface area contributed by atoms with E-state index in [-0.39, 0.29) is 11.8 Å². The summed E-state index contributed by atoms with van der Waals surface area (Å²) in [5.41, 5.74) is 4.63. The number of Topliss-reactive ketones (excluding diaryl/α,β-unsaturated/α-hetero) is 1. The van der Waals surface area contributed by atoms with Crippen LogP contribution >= 0.6 is 0 Å². The summed E-state index contributed by atoms with van der Waals surface area (Å²) in [7, 11) is 0. The summed E-state index contributed by atoms with van der Waals surface area (Å²) in [5.74, 6) is 0.276. The number of nitrogens with one attached hydrogen (secondary N) is 2. The van der Waals surface area contributed by atoms with Crippen LogP contribution in [0.1, 0.15) is 18.2 Å². The standard InChI is InChI=1S/C18H16N2O/c21-13-10-16(19-11-13)18-17(12-6-2-1-3-7-12)14-8-4-5-9-15(14)20-18/h1-9,16,19-20H,10-11H2. The number of hydrogen-bond donors (Lipinski definition) is 2. The Kier molecular flexibility index (Phi) is 2.86. The van der Waals surface area contributed by atoms with Crippen LogP contribution in [0.4, 0.5) is 0 Å². The van der Waals surface area contributed by atoms with Gasteiger partial charge in [0.25, 0.3) is 0 Å². The molecule has 2 aromatic carbocycles. The minimum atomic E-state index is 0.0834. The lowest BCUT2D eigenvalue weighted by molar-refractivity contribution is -0.116. The Hall–Kier alpha value is -2.39. The third-order valence-corrected chi connectivity index (χ3v) is 4.12. The molecule has 2 N–H and O–H groups in total. The predicted octanol–water partition coefficient (Wildman–Crippen LogP) is 3.44. The maximum absolute atomic E-state index is 11.6. The number of carbonyl (C=O) groups excluding carboxylic acids is 1. The van der Waals surface area contributed by atoms with Gasteiger partial charge < -0.3 is 10.3 Å². The summed E-state index contributed by atoms with van der Waals surface area (Å²) in [4.78, 5) is 15.1. The SMILES string of the molecule is O=C1CNC(c2[nH]c3ccccc3c2-c2ccccc2)C1. The van der Waals surface area contributed by atoms with Gasteiger partial charge in [-0.05, 0) is 11.6 Å². The Balaban J connectivity index is 1.95. The molecular formula is C18H16N2O. The van der Waals surface area contributed by atoms with Crippen LogP contribution in [-0.2, 0) is 4.79 Å². The molecule has 1 atom stereocenters. The zero-order valence-corrected chi connectivity index (χ0v) is 11.6. The molecular weight excluding hydrogens is 260 g/mol. The monoisotopic (exact) mass is 276 g/mol. The predicted molar refractivity (Wildman–Crippen MR) is 84.1 cm³/mol. The Morgan fingerprint density at radius 3 is 2.48 bits per heavy atom. The van der Waals surface area contributed by atoms with Crippen molar-refractivity contribution >= 4 is 16.7 Å². The molecule has 0 saturated carbocycles. The number of aromatic amines is 1. The van der Waals surface area contributed by atoms with E-state index in [2.05, 4.69) is 40.6 Å². The Morgan fingerprint density at radius 1 is 0.952 bits per heavy atom. The normalized spacial score (nSPS) is 18.5. The first-order valence-corrected chi connectivity index (χ1v) is 7.24. The Bertz CT molecular complexity index is 804. The lowest BCUT2D eigenvalue weighted by atomic mass is 9.98. The molecule has 0 bridgehead atoms. The minimum absolute atomic E-state index is 0.0834. The topological polar surface area (TPSA) is 44.9 Å². The van der Waals surface area contributed by atoms with E-state index in [1.165, 1.54) is 16.5 Å². The van der Waals surface area contributed by atoms with Gasteiger partial charge in [0.2, 0.25) is 0 Å². The van der Waals surface area contributed by atoms with E-state index < -0.39 is 0 Å². The first kappa shape index (κ1) is 12.4. The van der Waals surface area contributed by atoms with Gasteiger partial charge in [-0.15, -0.1) is 0 Å². The molecule has 1 saturated heterocycles. The lowest BCUT2D eigenvalue weighted by Gasteiger charge is -2.11. The molecule has 1 aliphatic heterocycles. The van der Waals surface area contributed by atoms with Gasteiger partial charge in [-0.25, -0.2) is 0 Å². The van der Waals surface area contributed by atoms with Crippen LogP contribution < -0.4 is 5.32 Å². The second-order valence-corrected chi connectivity index (χ2v) is 5.50. The summed E-state index contributed by atoms with van der Waals surface area (Å²) < 4.78 is 0. The van der Waals surface area contributed by atoms with Crippen LogP contribution in [0.15, 0.2) is 54.6 Å². The zero-order valence-electron chi connectivity index (χ0n) is 11.6. The highest BCUT2D eigenvalue weighted by atomic mass is 16.1. The summed E-state index contributed by atoms with van der Waals surface area (Å²) in [6.07, 6.45) is 0.562. The largest absolute Gasteiger partial charge is 0.357 e. The number of fused-ring (bicyclic) bond motifs is 1. The van der Waals surface area contributed by atoms with E-state index in [1.54, 1.807) is 0 Å². The highest BCUT2D eigenvalue weighted by molar-refractivity contribution is 5.98. The molecule has 1 aromatic heterocycles. The van der Waals surface area contributed by atoms with Crippen molar-refractivity contribution < 1.29 is 4.79 Å². The molecule has 0 radical (unpaired) electrons. The molecule has 21 heavy (non-hydrogen) atoms.